The van der Waals surface area contributed by atoms with E-state index < -0.39 is 36.5 Å². The van der Waals surface area contributed by atoms with Crippen molar-refractivity contribution in [3.63, 3.8) is 0 Å². The van der Waals surface area contributed by atoms with E-state index >= 15 is 0 Å². The van der Waals surface area contributed by atoms with Crippen molar-refractivity contribution < 1.29 is 27.6 Å². The first-order valence-electron chi connectivity index (χ1n) is 10.3. The molecule has 4 rings (SSSR count). The number of carbonyl (C=O) groups is 3. The summed E-state index contributed by atoms with van der Waals surface area (Å²) in [6.07, 6.45) is -3.90. The van der Waals surface area contributed by atoms with Crippen LogP contribution in [0.25, 0.3) is 10.9 Å². The minimum Gasteiger partial charge on any atom is -0.323 e. The predicted molar refractivity (Wildman–Crippen MR) is 119 cm³/mol. The fraction of sp³-hybridized carbons (Fsp3) is 0.500. The number of rotatable bonds is 4. The summed E-state index contributed by atoms with van der Waals surface area (Å²) in [5.41, 5.74) is 1.43. The minimum absolute atomic E-state index is 0. The standard InChI is InChI=1S/C20H23F3N6O3.BrH/c1-28-18-11(17(27-28)12-5-6-15(30)26-19(12)32)3-2-4-13(18)25-16(31)10-29-8-7-24-9-14(29)20(21,22)23;/h2-4,12,14,24H,5-10H2,1H3,(H,25,31)(H,26,30,32);1H/t12?,14-;/m1./s1. The molecule has 0 saturated carbocycles. The van der Waals surface area contributed by atoms with E-state index in [9.17, 15) is 27.6 Å². The number of imide groups is 1. The number of fused-ring (bicyclic) bond motifs is 1. The molecule has 0 spiro atoms. The lowest BCUT2D eigenvalue weighted by atomic mass is 9.92. The van der Waals surface area contributed by atoms with E-state index in [1.165, 1.54) is 4.68 Å². The van der Waals surface area contributed by atoms with Gasteiger partial charge in [-0.05, 0) is 12.5 Å². The molecular formula is C20H24BrF3N6O3. The zero-order chi connectivity index (χ0) is 23.0. The smallest absolute Gasteiger partial charge is 0.323 e. The molecule has 13 heteroatoms. The Balaban J connectivity index is 0.00000306. The summed E-state index contributed by atoms with van der Waals surface area (Å²) in [4.78, 5) is 37.5. The molecule has 9 nitrogen and oxygen atoms in total. The van der Waals surface area contributed by atoms with Gasteiger partial charge in [-0.2, -0.15) is 18.3 Å². The lowest BCUT2D eigenvalue weighted by Gasteiger charge is -2.36. The number of amides is 3. The molecule has 3 amide bonds. The molecule has 0 aliphatic carbocycles. The maximum absolute atomic E-state index is 13.3. The average molecular weight is 533 g/mol. The highest BCUT2D eigenvalue weighted by Crippen LogP contribution is 2.33. The van der Waals surface area contributed by atoms with Crippen molar-refractivity contribution in [1.29, 1.82) is 0 Å². The van der Waals surface area contributed by atoms with Crippen LogP contribution in [0.3, 0.4) is 0 Å². The molecule has 2 aliphatic heterocycles. The summed E-state index contributed by atoms with van der Waals surface area (Å²) in [7, 11) is 1.66. The van der Waals surface area contributed by atoms with E-state index in [0.29, 0.717) is 35.2 Å². The number of hydrogen-bond donors (Lipinski definition) is 3. The molecular weight excluding hydrogens is 509 g/mol. The Morgan fingerprint density at radius 2 is 2.06 bits per heavy atom. The largest absolute Gasteiger partial charge is 0.405 e. The van der Waals surface area contributed by atoms with Crippen LogP contribution in [0.5, 0.6) is 0 Å². The van der Waals surface area contributed by atoms with Crippen LogP contribution in [0.4, 0.5) is 18.9 Å². The molecule has 33 heavy (non-hydrogen) atoms. The maximum atomic E-state index is 13.3. The summed E-state index contributed by atoms with van der Waals surface area (Å²) < 4.78 is 41.4. The summed E-state index contributed by atoms with van der Waals surface area (Å²) in [5.74, 6) is -1.93. The van der Waals surface area contributed by atoms with Gasteiger partial charge in [0.1, 0.15) is 6.04 Å². The van der Waals surface area contributed by atoms with E-state index in [0.717, 1.165) is 4.90 Å². The number of carbonyl (C=O) groups excluding carboxylic acids is 3. The monoisotopic (exact) mass is 532 g/mol. The number of aromatic nitrogens is 2. The third-order valence-electron chi connectivity index (χ3n) is 5.82. The van der Waals surface area contributed by atoms with Crippen LogP contribution in [0.15, 0.2) is 18.2 Å². The van der Waals surface area contributed by atoms with Gasteiger partial charge in [0, 0.05) is 38.5 Å². The molecule has 3 N–H and O–H groups in total. The van der Waals surface area contributed by atoms with Crippen molar-refractivity contribution in [2.45, 2.75) is 31.0 Å². The van der Waals surface area contributed by atoms with Crippen LogP contribution >= 0.6 is 17.0 Å². The molecule has 2 aromatic rings. The van der Waals surface area contributed by atoms with Crippen LogP contribution in [-0.4, -0.2) is 70.8 Å². The Hall–Kier alpha value is -2.51. The van der Waals surface area contributed by atoms with Gasteiger partial charge in [-0.15, -0.1) is 17.0 Å². The second kappa shape index (κ2) is 9.77. The van der Waals surface area contributed by atoms with E-state index in [1.807, 2.05) is 0 Å². The first-order valence-corrected chi connectivity index (χ1v) is 10.3. The Kier molecular flexibility index (Phi) is 7.44. The highest BCUT2D eigenvalue weighted by Gasteiger charge is 2.45. The lowest BCUT2D eigenvalue weighted by molar-refractivity contribution is -0.187. The molecule has 3 heterocycles. The molecule has 2 aliphatic rings. The van der Waals surface area contributed by atoms with Crippen LogP contribution in [0.2, 0.25) is 0 Å². The molecule has 180 valence electrons. The average Bonchev–Trinajstić information content (AvgIpc) is 3.05. The van der Waals surface area contributed by atoms with Crippen LogP contribution in [0.1, 0.15) is 24.5 Å². The third kappa shape index (κ3) is 5.20. The fourth-order valence-electron chi connectivity index (χ4n) is 4.31. The van der Waals surface area contributed by atoms with Crippen molar-refractivity contribution in [3.8, 4) is 0 Å². The summed E-state index contributed by atoms with van der Waals surface area (Å²) in [6.45, 7) is -0.191. The highest BCUT2D eigenvalue weighted by atomic mass is 79.9. The maximum Gasteiger partial charge on any atom is 0.405 e. The second-order valence-electron chi connectivity index (χ2n) is 7.99. The Labute approximate surface area is 197 Å². The molecule has 2 fully saturated rings. The molecule has 1 aromatic carbocycles. The SMILES string of the molecule is Br.Cn1nc(C2CCC(=O)NC2=O)c2cccc(NC(=O)CN3CCNC[C@@H]3C(F)(F)F)c21. The van der Waals surface area contributed by atoms with Crippen molar-refractivity contribution in [1.82, 2.24) is 25.3 Å². The van der Waals surface area contributed by atoms with Crippen LogP contribution in [0, 0.1) is 0 Å². The number of alkyl halides is 3. The van der Waals surface area contributed by atoms with E-state index in [1.54, 1.807) is 25.2 Å². The Morgan fingerprint density at radius 1 is 1.30 bits per heavy atom. The normalized spacial score (nSPS) is 22.1. The van der Waals surface area contributed by atoms with Gasteiger partial charge in [0.2, 0.25) is 17.7 Å². The molecule has 2 saturated heterocycles. The van der Waals surface area contributed by atoms with Crippen molar-refractivity contribution in [3.05, 3.63) is 23.9 Å². The van der Waals surface area contributed by atoms with Crippen LogP contribution in [-0.2, 0) is 21.4 Å². The number of halogens is 4. The third-order valence-corrected chi connectivity index (χ3v) is 5.82. The molecule has 2 atom stereocenters. The van der Waals surface area contributed by atoms with Gasteiger partial charge in [0.15, 0.2) is 0 Å². The summed E-state index contributed by atoms with van der Waals surface area (Å²) in [6, 6.07) is 3.34. The van der Waals surface area contributed by atoms with Gasteiger partial charge < -0.3 is 10.6 Å². The molecule has 1 unspecified atom stereocenters. The van der Waals surface area contributed by atoms with Gasteiger partial charge in [0.25, 0.3) is 0 Å². The van der Waals surface area contributed by atoms with Gasteiger partial charge in [0.05, 0.1) is 29.4 Å². The van der Waals surface area contributed by atoms with Crippen molar-refractivity contribution >= 4 is 51.3 Å². The van der Waals surface area contributed by atoms with Gasteiger partial charge in [-0.25, -0.2) is 0 Å². The Bertz CT molecular complexity index is 1070. The number of anilines is 1. The number of para-hydroxylation sites is 1. The van der Waals surface area contributed by atoms with E-state index in [-0.39, 0.29) is 42.4 Å². The Morgan fingerprint density at radius 3 is 2.76 bits per heavy atom. The quantitative estimate of drug-likeness (QED) is 0.514. The highest BCUT2D eigenvalue weighted by molar-refractivity contribution is 8.93. The summed E-state index contributed by atoms with van der Waals surface area (Å²) >= 11 is 0. The molecule has 1 aromatic heterocycles. The first-order chi connectivity index (χ1) is 15.1. The number of benzene rings is 1. The first kappa shape index (κ1) is 25.1. The van der Waals surface area contributed by atoms with Crippen LogP contribution < -0.4 is 16.0 Å². The topological polar surface area (TPSA) is 108 Å². The molecule has 0 radical (unpaired) electrons. The van der Waals surface area contributed by atoms with E-state index in [4.69, 9.17) is 0 Å². The number of hydrogen-bond acceptors (Lipinski definition) is 6. The van der Waals surface area contributed by atoms with Gasteiger partial charge in [-0.3, -0.25) is 29.3 Å². The van der Waals surface area contributed by atoms with Gasteiger partial charge in [-0.1, -0.05) is 12.1 Å². The second-order valence-corrected chi connectivity index (χ2v) is 7.99. The minimum atomic E-state index is -4.44. The zero-order valence-corrected chi connectivity index (χ0v) is 19.5. The fourth-order valence-corrected chi connectivity index (χ4v) is 4.31. The number of aryl methyl sites for hydroxylation is 1. The number of piperidine rings is 1. The predicted octanol–water partition coefficient (Wildman–Crippen LogP) is 1.45. The molecule has 0 bridgehead atoms. The van der Waals surface area contributed by atoms with Crippen molar-refractivity contribution in [2.75, 3.05) is 31.5 Å². The number of piperazine rings is 1. The summed E-state index contributed by atoms with van der Waals surface area (Å²) in [5, 5.41) is 12.8. The van der Waals surface area contributed by atoms with Crippen molar-refractivity contribution in [2.24, 2.45) is 7.05 Å². The lowest BCUT2D eigenvalue weighted by Crippen LogP contribution is -2.59. The van der Waals surface area contributed by atoms with Gasteiger partial charge >= 0.3 is 6.18 Å². The number of nitrogens with one attached hydrogen (secondary N) is 3. The number of nitrogens with zero attached hydrogens (tertiary/aromatic N) is 3. The van der Waals surface area contributed by atoms with E-state index in [2.05, 4.69) is 21.0 Å². The zero-order valence-electron chi connectivity index (χ0n) is 17.7.